The van der Waals surface area contributed by atoms with E-state index in [1.807, 2.05) is 0 Å². The van der Waals surface area contributed by atoms with Crippen molar-refractivity contribution in [3.8, 4) is 0 Å². The molecule has 0 aromatic heterocycles. The maximum absolute atomic E-state index is 10.6. The molecule has 19 heavy (non-hydrogen) atoms. The van der Waals surface area contributed by atoms with E-state index in [0.29, 0.717) is 0 Å². The van der Waals surface area contributed by atoms with Crippen LogP contribution in [0.5, 0.6) is 0 Å². The Bertz CT molecular complexity index is 350. The largest absolute Gasteiger partial charge is 0.390 e. The van der Waals surface area contributed by atoms with Crippen LogP contribution in [0, 0.1) is 0 Å². The molecule has 0 saturated heterocycles. The summed E-state index contributed by atoms with van der Waals surface area (Å²) in [5.41, 5.74) is 2.34. The fraction of sp³-hybridized carbons (Fsp3) is 0.667. The number of hydrogen-bond donors (Lipinski definition) is 1. The number of hydrogen-bond acceptors (Lipinski definition) is 1. The fourth-order valence-corrected chi connectivity index (χ4v) is 2.91. The first-order valence-electron chi connectivity index (χ1n) is 7.93. The van der Waals surface area contributed by atoms with E-state index in [0.717, 1.165) is 44.9 Å². The van der Waals surface area contributed by atoms with Crippen LogP contribution in [-0.4, -0.2) is 10.7 Å². The van der Waals surface area contributed by atoms with Gasteiger partial charge in [-0.25, -0.2) is 0 Å². The van der Waals surface area contributed by atoms with Gasteiger partial charge in [-0.2, -0.15) is 0 Å². The molecule has 108 valence electrons. The van der Waals surface area contributed by atoms with Crippen molar-refractivity contribution in [1.82, 2.24) is 0 Å². The second-order valence-corrected chi connectivity index (χ2v) is 5.79. The summed E-state index contributed by atoms with van der Waals surface area (Å²) < 4.78 is 0. The van der Waals surface area contributed by atoms with Gasteiger partial charge in [-0.1, -0.05) is 64.3 Å². The minimum atomic E-state index is -0.454. The van der Waals surface area contributed by atoms with Crippen molar-refractivity contribution in [3.63, 3.8) is 0 Å². The average molecular weight is 262 g/mol. The van der Waals surface area contributed by atoms with Gasteiger partial charge < -0.3 is 5.11 Å². The Hall–Kier alpha value is -0.820. The van der Waals surface area contributed by atoms with E-state index >= 15 is 0 Å². The van der Waals surface area contributed by atoms with Gasteiger partial charge in [0.05, 0.1) is 5.60 Å². The first-order valence-corrected chi connectivity index (χ1v) is 7.93. The van der Waals surface area contributed by atoms with E-state index in [2.05, 4.69) is 45.0 Å². The zero-order valence-corrected chi connectivity index (χ0v) is 12.9. The lowest BCUT2D eigenvalue weighted by atomic mass is 9.86. The number of benzene rings is 1. The quantitative estimate of drug-likeness (QED) is 0.671. The topological polar surface area (TPSA) is 20.2 Å². The molecule has 0 bridgehead atoms. The number of aryl methyl sites for hydroxylation is 2. The van der Waals surface area contributed by atoms with Crippen LogP contribution in [-0.2, 0) is 12.8 Å². The van der Waals surface area contributed by atoms with Crippen LogP contribution in [0.3, 0.4) is 0 Å². The van der Waals surface area contributed by atoms with Gasteiger partial charge in [-0.3, -0.25) is 0 Å². The van der Waals surface area contributed by atoms with Crippen LogP contribution in [0.15, 0.2) is 24.3 Å². The molecular weight excluding hydrogens is 232 g/mol. The van der Waals surface area contributed by atoms with Crippen LogP contribution in [0.25, 0.3) is 0 Å². The molecule has 0 heterocycles. The van der Waals surface area contributed by atoms with Gasteiger partial charge in [0.15, 0.2) is 0 Å². The molecule has 0 atom stereocenters. The second-order valence-electron chi connectivity index (χ2n) is 5.79. The summed E-state index contributed by atoms with van der Waals surface area (Å²) in [6, 6.07) is 8.86. The average Bonchev–Trinajstić information content (AvgIpc) is 2.38. The summed E-state index contributed by atoms with van der Waals surface area (Å²) in [5.74, 6) is 0. The molecule has 1 heteroatoms. The molecule has 0 aliphatic rings. The summed E-state index contributed by atoms with van der Waals surface area (Å²) in [4.78, 5) is 0. The summed E-state index contributed by atoms with van der Waals surface area (Å²) >= 11 is 0. The van der Waals surface area contributed by atoms with Gasteiger partial charge in [0.25, 0.3) is 0 Å². The Kier molecular flexibility index (Phi) is 7.15. The first-order chi connectivity index (χ1) is 9.13. The smallest absolute Gasteiger partial charge is 0.0650 e. The van der Waals surface area contributed by atoms with E-state index in [4.69, 9.17) is 0 Å². The highest BCUT2D eigenvalue weighted by Gasteiger charge is 2.24. The van der Waals surface area contributed by atoms with Crippen molar-refractivity contribution in [1.29, 1.82) is 0 Å². The van der Waals surface area contributed by atoms with E-state index in [9.17, 15) is 5.11 Å². The zero-order chi connectivity index (χ0) is 14.1. The summed E-state index contributed by atoms with van der Waals surface area (Å²) in [6.07, 6.45) is 8.21. The first kappa shape index (κ1) is 16.2. The Morgan fingerprint density at radius 3 is 1.95 bits per heavy atom. The Labute approximate surface area is 119 Å². The van der Waals surface area contributed by atoms with Crippen LogP contribution in [0.2, 0.25) is 0 Å². The SMILES string of the molecule is CCCc1cccc(CCC(O)(CCC)CCC)c1. The molecular formula is C18H30O. The molecule has 0 unspecified atom stereocenters. The minimum Gasteiger partial charge on any atom is -0.390 e. The van der Waals surface area contributed by atoms with Crippen molar-refractivity contribution in [3.05, 3.63) is 35.4 Å². The van der Waals surface area contributed by atoms with Crippen LogP contribution < -0.4 is 0 Å². The lowest BCUT2D eigenvalue weighted by Gasteiger charge is -2.27. The van der Waals surface area contributed by atoms with E-state index < -0.39 is 5.60 Å². The third-order valence-corrected chi connectivity index (χ3v) is 3.84. The highest BCUT2D eigenvalue weighted by molar-refractivity contribution is 5.23. The van der Waals surface area contributed by atoms with Gasteiger partial charge in [0.2, 0.25) is 0 Å². The van der Waals surface area contributed by atoms with E-state index in [1.54, 1.807) is 0 Å². The summed E-state index contributed by atoms with van der Waals surface area (Å²) in [7, 11) is 0. The maximum atomic E-state index is 10.6. The van der Waals surface area contributed by atoms with Crippen molar-refractivity contribution >= 4 is 0 Å². The van der Waals surface area contributed by atoms with Crippen molar-refractivity contribution in [2.45, 2.75) is 77.7 Å². The van der Waals surface area contributed by atoms with Gasteiger partial charge in [0.1, 0.15) is 0 Å². The van der Waals surface area contributed by atoms with Crippen LogP contribution >= 0.6 is 0 Å². The molecule has 0 aliphatic heterocycles. The molecule has 1 aromatic rings. The fourth-order valence-electron chi connectivity index (χ4n) is 2.91. The lowest BCUT2D eigenvalue weighted by Crippen LogP contribution is -2.28. The van der Waals surface area contributed by atoms with Gasteiger partial charge in [0, 0.05) is 0 Å². The number of rotatable bonds is 9. The molecule has 0 aliphatic carbocycles. The van der Waals surface area contributed by atoms with Gasteiger partial charge >= 0.3 is 0 Å². The predicted molar refractivity (Wildman–Crippen MR) is 83.5 cm³/mol. The highest BCUT2D eigenvalue weighted by atomic mass is 16.3. The minimum absolute atomic E-state index is 0.454. The number of aliphatic hydroxyl groups is 1. The van der Waals surface area contributed by atoms with Crippen LogP contribution in [0.4, 0.5) is 0 Å². The second kappa shape index (κ2) is 8.37. The lowest BCUT2D eigenvalue weighted by molar-refractivity contribution is 0.0132. The molecule has 1 N–H and O–H groups in total. The molecule has 0 saturated carbocycles. The van der Waals surface area contributed by atoms with Crippen LogP contribution in [0.1, 0.15) is 70.4 Å². The summed E-state index contributed by atoms with van der Waals surface area (Å²) in [5, 5.41) is 10.6. The molecule has 1 rings (SSSR count). The summed E-state index contributed by atoms with van der Waals surface area (Å²) in [6.45, 7) is 6.53. The Morgan fingerprint density at radius 2 is 1.42 bits per heavy atom. The highest BCUT2D eigenvalue weighted by Crippen LogP contribution is 2.25. The third kappa shape index (κ3) is 5.78. The van der Waals surface area contributed by atoms with E-state index in [-0.39, 0.29) is 0 Å². The molecule has 0 radical (unpaired) electrons. The Morgan fingerprint density at radius 1 is 0.842 bits per heavy atom. The van der Waals surface area contributed by atoms with Crippen molar-refractivity contribution in [2.75, 3.05) is 0 Å². The zero-order valence-electron chi connectivity index (χ0n) is 12.9. The molecule has 0 amide bonds. The molecule has 0 fully saturated rings. The Balaban J connectivity index is 2.60. The van der Waals surface area contributed by atoms with Crippen molar-refractivity contribution < 1.29 is 5.11 Å². The third-order valence-electron chi connectivity index (χ3n) is 3.84. The predicted octanol–water partition coefficient (Wildman–Crippen LogP) is 4.90. The standard InChI is InChI=1S/C18H30O/c1-4-8-16-9-7-10-17(15-16)11-14-18(19,12-5-2)13-6-3/h7,9-10,15,19H,4-6,8,11-14H2,1-3H3. The monoisotopic (exact) mass is 262 g/mol. The van der Waals surface area contributed by atoms with E-state index in [1.165, 1.54) is 17.5 Å². The maximum Gasteiger partial charge on any atom is 0.0650 e. The van der Waals surface area contributed by atoms with Crippen molar-refractivity contribution in [2.24, 2.45) is 0 Å². The van der Waals surface area contributed by atoms with Gasteiger partial charge in [-0.05, 0) is 43.2 Å². The molecule has 0 spiro atoms. The molecule has 1 nitrogen and oxygen atoms in total. The molecule has 1 aromatic carbocycles. The normalized spacial score (nSPS) is 11.8. The van der Waals surface area contributed by atoms with Gasteiger partial charge in [-0.15, -0.1) is 0 Å².